The van der Waals surface area contributed by atoms with Crippen LogP contribution in [0.3, 0.4) is 0 Å². The molecular weight excluding hydrogens is 404 g/mol. The van der Waals surface area contributed by atoms with Crippen LogP contribution in [0.1, 0.15) is 34.2 Å². The number of esters is 1. The number of amides is 2. The van der Waals surface area contributed by atoms with Crippen LogP contribution >= 0.6 is 11.8 Å². The molecule has 30 heavy (non-hydrogen) atoms. The van der Waals surface area contributed by atoms with Gasteiger partial charge in [-0.1, -0.05) is 0 Å². The van der Waals surface area contributed by atoms with Crippen LogP contribution in [0, 0.1) is 13.8 Å². The van der Waals surface area contributed by atoms with Gasteiger partial charge in [-0.15, -0.1) is 0 Å². The van der Waals surface area contributed by atoms with Gasteiger partial charge < -0.3 is 14.0 Å². The maximum absolute atomic E-state index is 12.6. The van der Waals surface area contributed by atoms with Crippen LogP contribution in [0.5, 0.6) is 0 Å². The summed E-state index contributed by atoms with van der Waals surface area (Å²) >= 11 is 0.939. The van der Waals surface area contributed by atoms with E-state index in [0.717, 1.165) is 34.4 Å². The summed E-state index contributed by atoms with van der Waals surface area (Å²) in [6.07, 6.45) is 1.75. The Bertz CT molecular complexity index is 1010. The summed E-state index contributed by atoms with van der Waals surface area (Å²) in [4.78, 5) is 38.2. The van der Waals surface area contributed by atoms with Gasteiger partial charge in [-0.2, -0.15) is 0 Å². The first-order valence-corrected chi connectivity index (χ1v) is 10.4. The Morgan fingerprint density at radius 2 is 1.87 bits per heavy atom. The molecular formula is C22H24N2O5S. The second kappa shape index (κ2) is 9.32. The number of methoxy groups -OCH3 is 1. The summed E-state index contributed by atoms with van der Waals surface area (Å²) in [5.41, 5.74) is 4.15. The number of hydrogen-bond donors (Lipinski definition) is 0. The normalized spacial score (nSPS) is 15.3. The molecule has 0 atom stereocenters. The van der Waals surface area contributed by atoms with E-state index in [-0.39, 0.29) is 23.7 Å². The van der Waals surface area contributed by atoms with Crippen molar-refractivity contribution in [2.24, 2.45) is 0 Å². The van der Waals surface area contributed by atoms with Gasteiger partial charge in [0.25, 0.3) is 11.1 Å². The first-order valence-electron chi connectivity index (χ1n) is 9.58. The molecule has 2 amide bonds. The molecule has 2 heterocycles. The van der Waals surface area contributed by atoms with E-state index >= 15 is 0 Å². The topological polar surface area (TPSA) is 77.8 Å². The van der Waals surface area contributed by atoms with Gasteiger partial charge in [0.15, 0.2) is 0 Å². The molecule has 1 aromatic carbocycles. The van der Waals surface area contributed by atoms with Gasteiger partial charge in [0, 0.05) is 24.2 Å². The summed E-state index contributed by atoms with van der Waals surface area (Å²) in [7, 11) is 1.53. The molecule has 0 saturated carbocycles. The first-order chi connectivity index (χ1) is 14.4. The van der Waals surface area contributed by atoms with Crippen molar-refractivity contribution in [2.75, 3.05) is 26.9 Å². The van der Waals surface area contributed by atoms with Gasteiger partial charge in [-0.25, -0.2) is 4.79 Å². The van der Waals surface area contributed by atoms with Crippen LogP contribution < -0.4 is 0 Å². The molecule has 0 unspecified atom stereocenters. The number of aromatic nitrogens is 1. The molecule has 3 rings (SSSR count). The Balaban J connectivity index is 1.88. The molecule has 1 aromatic heterocycles. The lowest BCUT2D eigenvalue weighted by atomic mass is 10.2. The van der Waals surface area contributed by atoms with Crippen LogP contribution in [0.25, 0.3) is 11.8 Å². The fourth-order valence-corrected chi connectivity index (χ4v) is 4.16. The van der Waals surface area contributed by atoms with Gasteiger partial charge >= 0.3 is 5.97 Å². The SMILES string of the molecule is CCOC(=O)c1ccc(-n2c(C)cc(/C=C3/SC(=O)N(CCOC)C3=O)c2C)cc1. The van der Waals surface area contributed by atoms with Crippen molar-refractivity contribution in [3.05, 3.63) is 57.8 Å². The van der Waals surface area contributed by atoms with E-state index in [1.807, 2.05) is 36.6 Å². The van der Waals surface area contributed by atoms with Gasteiger partial charge in [-0.05, 0) is 74.5 Å². The number of thioether (sulfide) groups is 1. The molecule has 1 aliphatic heterocycles. The van der Waals surface area contributed by atoms with Crippen LogP contribution in [0.4, 0.5) is 4.79 Å². The summed E-state index contributed by atoms with van der Waals surface area (Å²) in [6, 6.07) is 9.14. The monoisotopic (exact) mass is 428 g/mol. The van der Waals surface area contributed by atoms with E-state index in [1.165, 1.54) is 12.0 Å². The Morgan fingerprint density at radius 1 is 1.17 bits per heavy atom. The van der Waals surface area contributed by atoms with Crippen molar-refractivity contribution in [3.8, 4) is 5.69 Å². The van der Waals surface area contributed by atoms with Crippen molar-refractivity contribution in [1.29, 1.82) is 0 Å². The highest BCUT2D eigenvalue weighted by molar-refractivity contribution is 8.18. The van der Waals surface area contributed by atoms with Crippen LogP contribution in [-0.4, -0.2) is 53.5 Å². The predicted octanol–water partition coefficient (Wildman–Crippen LogP) is 3.95. The Kier molecular flexibility index (Phi) is 6.79. The number of rotatable bonds is 7. The molecule has 0 aliphatic carbocycles. The Hall–Kier alpha value is -2.84. The number of imide groups is 1. The second-order valence-corrected chi connectivity index (χ2v) is 7.75. The average Bonchev–Trinajstić information content (AvgIpc) is 3.15. The Labute approximate surface area is 179 Å². The molecule has 7 nitrogen and oxygen atoms in total. The quantitative estimate of drug-likeness (QED) is 0.491. The molecule has 0 N–H and O–H groups in total. The largest absolute Gasteiger partial charge is 0.462 e. The minimum atomic E-state index is -0.352. The average molecular weight is 429 g/mol. The minimum Gasteiger partial charge on any atom is -0.462 e. The maximum atomic E-state index is 12.6. The first kappa shape index (κ1) is 21.9. The van der Waals surface area contributed by atoms with Crippen LogP contribution in [0.2, 0.25) is 0 Å². The molecule has 1 saturated heterocycles. The van der Waals surface area contributed by atoms with Gasteiger partial charge in [-0.3, -0.25) is 14.5 Å². The number of nitrogens with zero attached hydrogens (tertiary/aromatic N) is 2. The molecule has 158 valence electrons. The van der Waals surface area contributed by atoms with Crippen molar-refractivity contribution in [2.45, 2.75) is 20.8 Å². The van der Waals surface area contributed by atoms with Crippen molar-refractivity contribution in [3.63, 3.8) is 0 Å². The summed E-state index contributed by atoms with van der Waals surface area (Å²) in [6.45, 7) is 6.57. The number of hydrogen-bond acceptors (Lipinski definition) is 6. The Morgan fingerprint density at radius 3 is 2.50 bits per heavy atom. The smallest absolute Gasteiger partial charge is 0.338 e. The van der Waals surface area contributed by atoms with E-state index in [9.17, 15) is 14.4 Å². The second-order valence-electron chi connectivity index (χ2n) is 6.76. The van der Waals surface area contributed by atoms with E-state index in [1.54, 1.807) is 25.1 Å². The van der Waals surface area contributed by atoms with Crippen molar-refractivity contribution < 1.29 is 23.9 Å². The number of carbonyl (C=O) groups is 3. The molecule has 0 bridgehead atoms. The lowest BCUT2D eigenvalue weighted by Gasteiger charge is -2.11. The van der Waals surface area contributed by atoms with Crippen LogP contribution in [0.15, 0.2) is 35.2 Å². The molecule has 8 heteroatoms. The molecule has 0 radical (unpaired) electrons. The zero-order chi connectivity index (χ0) is 21.8. The summed E-state index contributed by atoms with van der Waals surface area (Å²) in [5.74, 6) is -0.652. The number of ether oxygens (including phenoxy) is 2. The lowest BCUT2D eigenvalue weighted by Crippen LogP contribution is -2.31. The number of aryl methyl sites for hydroxylation is 1. The fraction of sp³-hybridized carbons (Fsp3) is 0.318. The van der Waals surface area contributed by atoms with E-state index < -0.39 is 0 Å². The van der Waals surface area contributed by atoms with Crippen LogP contribution in [-0.2, 0) is 14.3 Å². The third-order valence-corrected chi connectivity index (χ3v) is 5.69. The fourth-order valence-electron chi connectivity index (χ4n) is 3.31. The lowest BCUT2D eigenvalue weighted by molar-refractivity contribution is -0.123. The maximum Gasteiger partial charge on any atom is 0.338 e. The third-order valence-electron chi connectivity index (χ3n) is 4.79. The highest BCUT2D eigenvalue weighted by atomic mass is 32.2. The highest BCUT2D eigenvalue weighted by Gasteiger charge is 2.34. The molecule has 0 spiro atoms. The van der Waals surface area contributed by atoms with Crippen molar-refractivity contribution >= 4 is 35.0 Å². The molecule has 1 fully saturated rings. The minimum absolute atomic E-state index is 0.240. The zero-order valence-corrected chi connectivity index (χ0v) is 18.2. The number of carbonyl (C=O) groups excluding carboxylic acids is 3. The highest BCUT2D eigenvalue weighted by Crippen LogP contribution is 2.33. The molecule has 1 aliphatic rings. The van der Waals surface area contributed by atoms with Gasteiger partial charge in [0.1, 0.15) is 0 Å². The molecule has 2 aromatic rings. The van der Waals surface area contributed by atoms with E-state index in [4.69, 9.17) is 9.47 Å². The predicted molar refractivity (Wildman–Crippen MR) is 116 cm³/mol. The number of benzene rings is 1. The zero-order valence-electron chi connectivity index (χ0n) is 17.4. The van der Waals surface area contributed by atoms with E-state index in [2.05, 4.69) is 0 Å². The van der Waals surface area contributed by atoms with Gasteiger partial charge in [0.2, 0.25) is 0 Å². The van der Waals surface area contributed by atoms with Gasteiger partial charge in [0.05, 0.1) is 30.2 Å². The summed E-state index contributed by atoms with van der Waals surface area (Å²) in [5, 5.41) is -0.285. The standard InChI is InChI=1S/C22H24N2O5S/c1-5-29-21(26)16-6-8-18(9-7-16)24-14(2)12-17(15(24)3)13-19-20(25)23(10-11-28-4)22(27)30-19/h6-9,12-13H,5,10-11H2,1-4H3/b19-13+. The van der Waals surface area contributed by atoms with Crippen molar-refractivity contribution in [1.82, 2.24) is 9.47 Å². The van der Waals surface area contributed by atoms with E-state index in [0.29, 0.717) is 23.7 Å². The summed E-state index contributed by atoms with van der Waals surface area (Å²) < 4.78 is 12.0. The third kappa shape index (κ3) is 4.34.